The lowest BCUT2D eigenvalue weighted by atomic mass is 9.93. The minimum absolute atomic E-state index is 0.311. The van der Waals surface area contributed by atoms with Crippen molar-refractivity contribution in [3.8, 4) is 0 Å². The highest BCUT2D eigenvalue weighted by Crippen LogP contribution is 2.48. The van der Waals surface area contributed by atoms with Gasteiger partial charge in [-0.1, -0.05) is 37.5 Å². The van der Waals surface area contributed by atoms with Gasteiger partial charge < -0.3 is 9.64 Å². The fourth-order valence-electron chi connectivity index (χ4n) is 4.26. The molecule has 3 heterocycles. The number of benzene rings is 1. The van der Waals surface area contributed by atoms with Gasteiger partial charge in [-0.3, -0.25) is 0 Å². The molecule has 5 nitrogen and oxygen atoms in total. The first-order valence-corrected chi connectivity index (χ1v) is 10.4. The van der Waals surface area contributed by atoms with Gasteiger partial charge in [0.25, 0.3) is 0 Å². The third kappa shape index (κ3) is 2.62. The molecule has 3 aromatic rings. The second-order valence-corrected chi connectivity index (χ2v) is 8.10. The number of ether oxygens (including phenoxy) is 1. The number of anilines is 1. The maximum atomic E-state index is 12.5. The molecule has 0 radical (unpaired) electrons. The number of aliphatic imine (C=N–C) groups is 1. The molecule has 5 rings (SSSR count). The van der Waals surface area contributed by atoms with E-state index >= 15 is 0 Å². The number of nitrogens with zero attached hydrogens (tertiary/aromatic N) is 3. The van der Waals surface area contributed by atoms with Crippen LogP contribution in [0.25, 0.3) is 21.1 Å². The summed E-state index contributed by atoms with van der Waals surface area (Å²) in [5.41, 5.74) is 2.83. The van der Waals surface area contributed by atoms with Crippen LogP contribution in [0.1, 0.15) is 48.7 Å². The van der Waals surface area contributed by atoms with Gasteiger partial charge in [0.05, 0.1) is 29.5 Å². The van der Waals surface area contributed by atoms with Gasteiger partial charge in [-0.25, -0.2) is 14.8 Å². The van der Waals surface area contributed by atoms with E-state index in [1.54, 1.807) is 0 Å². The van der Waals surface area contributed by atoms with Crippen molar-refractivity contribution < 1.29 is 9.53 Å². The Morgan fingerprint density at radius 1 is 1.26 bits per heavy atom. The first kappa shape index (κ1) is 16.7. The van der Waals surface area contributed by atoms with Gasteiger partial charge in [-0.2, -0.15) is 0 Å². The van der Waals surface area contributed by atoms with Gasteiger partial charge in [0.2, 0.25) is 0 Å². The topological polar surface area (TPSA) is 54.8 Å². The van der Waals surface area contributed by atoms with Gasteiger partial charge in [-0.05, 0) is 25.8 Å². The molecule has 2 aromatic heterocycles. The summed E-state index contributed by atoms with van der Waals surface area (Å²) in [6, 6.07) is 8.68. The quantitative estimate of drug-likeness (QED) is 0.569. The van der Waals surface area contributed by atoms with E-state index in [0.29, 0.717) is 23.2 Å². The molecular weight excluding hydrogens is 358 g/mol. The Morgan fingerprint density at radius 3 is 2.89 bits per heavy atom. The lowest BCUT2D eigenvalue weighted by Gasteiger charge is -2.35. The van der Waals surface area contributed by atoms with Crippen molar-refractivity contribution in [3.63, 3.8) is 0 Å². The Kier molecular flexibility index (Phi) is 4.08. The molecule has 2 aliphatic rings. The molecule has 0 bridgehead atoms. The number of carbonyl (C=O) groups excluding carboxylic acids is 1. The van der Waals surface area contributed by atoms with E-state index in [-0.39, 0.29) is 5.97 Å². The molecule has 0 spiro atoms. The minimum Gasteiger partial charge on any atom is -0.462 e. The fraction of sp³-hybridized carbons (Fsp3) is 0.381. The standard InChI is InChI=1S/C21H21N3O2S/c1-2-26-21(25)19-17-16-18(24(12-22-17)13-8-4-3-5-9-13)14-10-6-7-11-15(14)23-20(16)27-19/h6-7,10-13H,2-5,8-9H2,1H3. The average Bonchev–Trinajstić information content (AvgIpc) is 3.08. The zero-order valence-corrected chi connectivity index (χ0v) is 16.1. The molecule has 1 aromatic carbocycles. The minimum atomic E-state index is -0.311. The van der Waals surface area contributed by atoms with Crippen molar-refractivity contribution >= 4 is 56.1 Å². The van der Waals surface area contributed by atoms with Crippen molar-refractivity contribution in [1.82, 2.24) is 4.98 Å². The highest BCUT2D eigenvalue weighted by atomic mass is 32.1. The van der Waals surface area contributed by atoms with Gasteiger partial charge in [0.15, 0.2) is 0 Å². The Balaban J connectivity index is 1.77. The molecule has 6 heteroatoms. The van der Waals surface area contributed by atoms with E-state index < -0.39 is 0 Å². The van der Waals surface area contributed by atoms with E-state index in [9.17, 15) is 4.79 Å². The number of rotatable bonds is 3. The second kappa shape index (κ2) is 6.60. The Morgan fingerprint density at radius 2 is 2.07 bits per heavy atom. The van der Waals surface area contributed by atoms with Crippen LogP contribution < -0.4 is 4.90 Å². The number of para-hydroxylation sites is 1. The number of pyridine rings is 1. The molecule has 138 valence electrons. The summed E-state index contributed by atoms with van der Waals surface area (Å²) in [4.78, 5) is 25.8. The molecule has 1 aliphatic heterocycles. The summed E-state index contributed by atoms with van der Waals surface area (Å²) < 4.78 is 5.26. The number of thiophene rings is 1. The van der Waals surface area contributed by atoms with Crippen LogP contribution in [0.4, 0.5) is 11.4 Å². The maximum Gasteiger partial charge on any atom is 0.350 e. The largest absolute Gasteiger partial charge is 0.462 e. The third-order valence-corrected chi connectivity index (χ3v) is 6.53. The van der Waals surface area contributed by atoms with Crippen LogP contribution in [0.3, 0.4) is 0 Å². The number of aromatic nitrogens is 1. The van der Waals surface area contributed by atoms with Gasteiger partial charge >= 0.3 is 5.97 Å². The Bertz CT molecular complexity index is 1070. The molecule has 0 atom stereocenters. The van der Waals surface area contributed by atoms with E-state index in [2.05, 4.69) is 17.0 Å². The molecule has 1 fully saturated rings. The number of fused-ring (bicyclic) bond motifs is 2. The van der Waals surface area contributed by atoms with Crippen LogP contribution in [0.2, 0.25) is 0 Å². The van der Waals surface area contributed by atoms with Crippen molar-refractivity contribution in [3.05, 3.63) is 29.1 Å². The fourth-order valence-corrected chi connectivity index (χ4v) is 5.29. The van der Waals surface area contributed by atoms with Gasteiger partial charge in [0.1, 0.15) is 15.4 Å². The van der Waals surface area contributed by atoms with Gasteiger partial charge in [-0.15, -0.1) is 11.3 Å². The van der Waals surface area contributed by atoms with Crippen LogP contribution in [0.5, 0.6) is 0 Å². The maximum absolute atomic E-state index is 12.5. The zero-order chi connectivity index (χ0) is 18.4. The highest BCUT2D eigenvalue weighted by molar-refractivity contribution is 7.21. The van der Waals surface area contributed by atoms with Crippen molar-refractivity contribution in [2.24, 2.45) is 4.99 Å². The average molecular weight is 379 g/mol. The molecule has 1 aliphatic carbocycles. The Hall–Kier alpha value is -2.47. The normalized spacial score (nSPS) is 17.0. The van der Waals surface area contributed by atoms with Crippen LogP contribution in [0, 0.1) is 0 Å². The lowest BCUT2D eigenvalue weighted by molar-refractivity contribution is 0.0533. The zero-order valence-electron chi connectivity index (χ0n) is 15.3. The van der Waals surface area contributed by atoms with Crippen molar-refractivity contribution in [1.29, 1.82) is 0 Å². The third-order valence-electron chi connectivity index (χ3n) is 5.48. The van der Waals surface area contributed by atoms with Crippen LogP contribution in [0.15, 0.2) is 29.3 Å². The molecular formula is C21H21N3O2S. The Labute approximate surface area is 161 Å². The van der Waals surface area contributed by atoms with Crippen LogP contribution >= 0.6 is 11.3 Å². The predicted molar refractivity (Wildman–Crippen MR) is 111 cm³/mol. The van der Waals surface area contributed by atoms with Crippen molar-refractivity contribution in [2.75, 3.05) is 11.5 Å². The number of carbonyl (C=O) groups is 1. The summed E-state index contributed by atoms with van der Waals surface area (Å²) in [7, 11) is 0. The molecule has 0 saturated heterocycles. The van der Waals surface area contributed by atoms with Crippen molar-refractivity contribution in [2.45, 2.75) is 45.1 Å². The van der Waals surface area contributed by atoms with Crippen LogP contribution in [-0.4, -0.2) is 29.9 Å². The van der Waals surface area contributed by atoms with E-state index in [4.69, 9.17) is 14.7 Å². The summed E-state index contributed by atoms with van der Waals surface area (Å²) in [6.45, 7) is 2.18. The van der Waals surface area contributed by atoms with E-state index in [0.717, 1.165) is 26.8 Å². The van der Waals surface area contributed by atoms with E-state index in [1.807, 2.05) is 25.4 Å². The SMILES string of the molecule is CCOC(=O)c1sc2nc3ccccc3c3c2c1N=CN3C1CCCCC1. The molecule has 1 saturated carbocycles. The second-order valence-electron chi connectivity index (χ2n) is 7.10. The first-order chi connectivity index (χ1) is 13.3. The molecule has 0 amide bonds. The van der Waals surface area contributed by atoms with E-state index in [1.165, 1.54) is 43.4 Å². The van der Waals surface area contributed by atoms with Crippen LogP contribution in [-0.2, 0) is 4.74 Å². The number of hydrogen-bond donors (Lipinski definition) is 0. The monoisotopic (exact) mass is 379 g/mol. The molecule has 0 unspecified atom stereocenters. The summed E-state index contributed by atoms with van der Waals surface area (Å²) in [5.74, 6) is -0.311. The summed E-state index contributed by atoms with van der Waals surface area (Å²) in [6.07, 6.45) is 8.10. The first-order valence-electron chi connectivity index (χ1n) is 9.63. The smallest absolute Gasteiger partial charge is 0.350 e. The molecule has 0 N–H and O–H groups in total. The molecule has 27 heavy (non-hydrogen) atoms. The van der Waals surface area contributed by atoms with Gasteiger partial charge in [0, 0.05) is 11.4 Å². The lowest BCUT2D eigenvalue weighted by Crippen LogP contribution is -2.36. The summed E-state index contributed by atoms with van der Waals surface area (Å²) >= 11 is 1.39. The predicted octanol–water partition coefficient (Wildman–Crippen LogP) is 5.44. The highest BCUT2D eigenvalue weighted by Gasteiger charge is 2.31. The summed E-state index contributed by atoms with van der Waals surface area (Å²) in [5, 5.41) is 2.12. The number of esters is 1. The number of hydrogen-bond acceptors (Lipinski definition) is 6.